The van der Waals surface area contributed by atoms with Crippen molar-refractivity contribution in [2.45, 2.75) is 10.9 Å². The van der Waals surface area contributed by atoms with Gasteiger partial charge in [-0.25, -0.2) is 4.99 Å². The van der Waals surface area contributed by atoms with Gasteiger partial charge in [0.25, 0.3) is 0 Å². The maximum atomic E-state index is 14.9. The summed E-state index contributed by atoms with van der Waals surface area (Å²) in [7, 11) is 0. The van der Waals surface area contributed by atoms with Crippen LogP contribution in [-0.2, 0) is 0 Å². The van der Waals surface area contributed by atoms with E-state index in [1.54, 1.807) is 42.5 Å². The summed E-state index contributed by atoms with van der Waals surface area (Å²) in [5, 5.41) is 0.304. The molecule has 0 saturated carbocycles. The molecule has 0 fully saturated rings. The second-order valence-corrected chi connectivity index (χ2v) is 7.71. The minimum absolute atomic E-state index is 0.0880. The van der Waals surface area contributed by atoms with E-state index in [-0.39, 0.29) is 35.1 Å². The van der Waals surface area contributed by atoms with Crippen LogP contribution in [0.3, 0.4) is 0 Å². The van der Waals surface area contributed by atoms with E-state index in [1.165, 1.54) is 0 Å². The normalized spacial score (nSPS) is 17.2. The third kappa shape index (κ3) is 3.22. The average Bonchev–Trinajstić information content (AvgIpc) is 3.02. The molecular weight excluding hydrogens is 430 g/mol. The van der Waals surface area contributed by atoms with Crippen LogP contribution >= 0.6 is 23.5 Å². The molecule has 2 aromatic rings. The van der Waals surface area contributed by atoms with Crippen LogP contribution in [-0.4, -0.2) is 36.0 Å². The molecule has 0 unspecified atom stereocenters. The third-order valence-corrected chi connectivity index (χ3v) is 5.93. The number of rotatable bonds is 4. The smallest absolute Gasteiger partial charge is 0.296 e. The summed E-state index contributed by atoms with van der Waals surface area (Å²) < 4.78 is 32.7. The van der Waals surface area contributed by atoms with Crippen molar-refractivity contribution < 1.29 is 13.6 Å². The predicted octanol–water partition coefficient (Wildman–Crippen LogP) is 5.22. The minimum Gasteiger partial charge on any atom is -0.296 e. The van der Waals surface area contributed by atoms with Gasteiger partial charge in [-0.15, -0.1) is 0 Å². The summed E-state index contributed by atoms with van der Waals surface area (Å²) in [6, 6.07) is 8.35. The number of nitrogens with zero attached hydrogens (tertiary/aromatic N) is 3. The first-order valence-corrected chi connectivity index (χ1v) is 10.00. The predicted molar refractivity (Wildman–Crippen MR) is 116 cm³/mol. The number of ketones is 1. The van der Waals surface area contributed by atoms with Gasteiger partial charge in [0, 0.05) is 11.1 Å². The number of alkyl halides is 2. The molecule has 0 aromatic heterocycles. The molecule has 1 N–H and O–H groups in total. The van der Waals surface area contributed by atoms with E-state index in [1.807, 2.05) is 0 Å². The van der Waals surface area contributed by atoms with Crippen LogP contribution in [0.15, 0.2) is 81.3 Å². The fourth-order valence-corrected chi connectivity index (χ4v) is 4.25. The van der Waals surface area contributed by atoms with Crippen molar-refractivity contribution in [1.82, 2.24) is 9.62 Å². The molecule has 152 valence electrons. The minimum atomic E-state index is -3.37. The lowest BCUT2D eigenvalue weighted by molar-refractivity contribution is -0.0549. The van der Waals surface area contributed by atoms with Gasteiger partial charge in [0.15, 0.2) is 5.78 Å². The molecule has 5 nitrogen and oxygen atoms in total. The number of benzene rings is 2. The second kappa shape index (κ2) is 7.70. The molecule has 0 bridgehead atoms. The van der Waals surface area contributed by atoms with Crippen molar-refractivity contribution in [1.29, 1.82) is 0 Å². The van der Waals surface area contributed by atoms with Gasteiger partial charge >= 0.3 is 6.05 Å². The molecule has 0 radical (unpaired) electrons. The van der Waals surface area contributed by atoms with E-state index in [2.05, 4.69) is 28.0 Å². The molecule has 0 amide bonds. The van der Waals surface area contributed by atoms with Crippen LogP contribution in [0.1, 0.15) is 15.9 Å². The zero-order chi connectivity index (χ0) is 21.5. The first-order valence-electron chi connectivity index (χ1n) is 8.80. The molecular formula is C21H15ClF2N4OS. The summed E-state index contributed by atoms with van der Waals surface area (Å²) in [5.41, 5.74) is 0.688. The van der Waals surface area contributed by atoms with Crippen molar-refractivity contribution in [2.24, 2.45) is 9.98 Å². The molecule has 0 atom stereocenters. The number of para-hydroxylation sites is 1. The number of carbonyl (C=O) groups excluding carboxylic acids is 1. The first-order chi connectivity index (χ1) is 14.4. The van der Waals surface area contributed by atoms with Crippen LogP contribution in [0.4, 0.5) is 14.5 Å². The maximum absolute atomic E-state index is 14.9. The highest BCUT2D eigenvalue weighted by Crippen LogP contribution is 2.42. The number of hydrogen-bond donors (Lipinski definition) is 1. The fraction of sp³-hybridized carbons (Fsp3) is 0.0952. The van der Waals surface area contributed by atoms with Crippen LogP contribution in [0.2, 0.25) is 5.02 Å². The van der Waals surface area contributed by atoms with Crippen molar-refractivity contribution in [2.75, 3.05) is 6.54 Å². The molecule has 30 heavy (non-hydrogen) atoms. The molecule has 9 heteroatoms. The van der Waals surface area contributed by atoms with Gasteiger partial charge in [-0.05, 0) is 42.9 Å². The van der Waals surface area contributed by atoms with E-state index < -0.39 is 6.05 Å². The molecule has 2 heterocycles. The summed E-state index contributed by atoms with van der Waals surface area (Å²) in [6.07, 6.45) is 1.07. The van der Waals surface area contributed by atoms with E-state index in [0.717, 1.165) is 22.9 Å². The number of carbonyl (C=O) groups is 1. The number of hydrogen-bond acceptors (Lipinski definition) is 6. The Bertz CT molecular complexity index is 1150. The van der Waals surface area contributed by atoms with Gasteiger partial charge < -0.3 is 0 Å². The Balaban J connectivity index is 1.77. The topological polar surface area (TPSA) is 57.1 Å². The lowest BCUT2D eigenvalue weighted by atomic mass is 10.0. The first kappa shape index (κ1) is 20.3. The SMILES string of the molecule is C=CC1=C(N=C)CN(C2=Nc3c(cccc3C(=O)c3ccccc3Cl)SN2)C1(F)F. The Morgan fingerprint density at radius 1 is 1.27 bits per heavy atom. The Morgan fingerprint density at radius 3 is 2.67 bits per heavy atom. The zero-order valence-electron chi connectivity index (χ0n) is 15.5. The van der Waals surface area contributed by atoms with E-state index in [9.17, 15) is 13.6 Å². The molecule has 0 saturated heterocycles. The number of fused-ring (bicyclic) bond motifs is 1. The Kier molecular flexibility index (Phi) is 5.21. The van der Waals surface area contributed by atoms with E-state index in [4.69, 9.17) is 11.6 Å². The van der Waals surface area contributed by atoms with E-state index in [0.29, 0.717) is 21.2 Å². The Morgan fingerprint density at radius 2 is 2.00 bits per heavy atom. The van der Waals surface area contributed by atoms with Crippen molar-refractivity contribution in [3.8, 4) is 0 Å². The molecule has 2 aliphatic rings. The third-order valence-electron chi connectivity index (χ3n) is 4.76. The van der Waals surface area contributed by atoms with Gasteiger partial charge in [0.2, 0.25) is 5.96 Å². The van der Waals surface area contributed by atoms with Crippen molar-refractivity contribution in [3.63, 3.8) is 0 Å². The highest BCUT2D eigenvalue weighted by atomic mass is 35.5. The molecule has 0 spiro atoms. The zero-order valence-corrected chi connectivity index (χ0v) is 17.1. The van der Waals surface area contributed by atoms with Gasteiger partial charge in [0.05, 0.1) is 33.4 Å². The monoisotopic (exact) mass is 444 g/mol. The standard InChI is InChI=1S/C21H15ClF2N4OS/c1-3-14-16(25-2)11-28(21(14,23)24)20-26-18-13(8-6-10-17(18)30-27-20)19(29)12-7-4-5-9-15(12)22/h3-10H,1-2,11H2,(H,26,27). The van der Waals surface area contributed by atoms with Crippen LogP contribution in [0.25, 0.3) is 0 Å². The van der Waals surface area contributed by atoms with Crippen LogP contribution < -0.4 is 4.72 Å². The fourth-order valence-electron chi connectivity index (χ4n) is 3.28. The van der Waals surface area contributed by atoms with Gasteiger partial charge in [-0.1, -0.05) is 42.5 Å². The quantitative estimate of drug-likeness (QED) is 0.304. The summed E-state index contributed by atoms with van der Waals surface area (Å²) in [4.78, 5) is 22.6. The van der Waals surface area contributed by atoms with Crippen LogP contribution in [0, 0.1) is 0 Å². The highest BCUT2D eigenvalue weighted by molar-refractivity contribution is 7.98. The highest BCUT2D eigenvalue weighted by Gasteiger charge is 2.49. The van der Waals surface area contributed by atoms with Crippen molar-refractivity contribution >= 4 is 47.7 Å². The van der Waals surface area contributed by atoms with E-state index >= 15 is 0 Å². The van der Waals surface area contributed by atoms with Crippen molar-refractivity contribution in [3.05, 3.63) is 82.5 Å². The molecule has 2 aromatic carbocycles. The second-order valence-electron chi connectivity index (χ2n) is 6.45. The van der Waals surface area contributed by atoms with Gasteiger partial charge in [0.1, 0.15) is 0 Å². The lowest BCUT2D eigenvalue weighted by Crippen LogP contribution is -2.48. The summed E-state index contributed by atoms with van der Waals surface area (Å²) in [6.45, 7) is 6.62. The lowest BCUT2D eigenvalue weighted by Gasteiger charge is -2.30. The Labute approximate surface area is 181 Å². The average molecular weight is 445 g/mol. The summed E-state index contributed by atoms with van der Waals surface area (Å²) in [5.74, 6) is -0.426. The van der Waals surface area contributed by atoms with Crippen LogP contribution in [0.5, 0.6) is 0 Å². The number of halogens is 3. The largest absolute Gasteiger partial charge is 0.357 e. The summed E-state index contributed by atoms with van der Waals surface area (Å²) >= 11 is 7.27. The number of nitrogens with one attached hydrogen (secondary N) is 1. The molecule has 4 rings (SSSR count). The number of guanidine groups is 1. The molecule has 0 aliphatic carbocycles. The maximum Gasteiger partial charge on any atom is 0.357 e. The Hall–Kier alpha value is -2.97. The van der Waals surface area contributed by atoms with Gasteiger partial charge in [-0.2, -0.15) is 8.78 Å². The number of aliphatic imine (C=N–C) groups is 2. The molecule has 2 aliphatic heterocycles. The van der Waals surface area contributed by atoms with Gasteiger partial charge in [-0.3, -0.25) is 19.4 Å².